The molecule has 1 aromatic carbocycles. The molecule has 4 heterocycles. The molecule has 0 saturated carbocycles. The number of aromatic nitrogens is 2. The van der Waals surface area contributed by atoms with Gasteiger partial charge in [0.2, 0.25) is 5.91 Å². The Morgan fingerprint density at radius 2 is 1.94 bits per heavy atom. The summed E-state index contributed by atoms with van der Waals surface area (Å²) in [5.41, 5.74) is 5.26. The first-order valence-electron chi connectivity index (χ1n) is 11.9. The number of anilines is 2. The molecular weight excluding hydrogens is 416 g/mol. The molecule has 1 fully saturated rings. The fourth-order valence-corrected chi connectivity index (χ4v) is 5.35. The van der Waals surface area contributed by atoms with Crippen molar-refractivity contribution in [2.75, 3.05) is 50.5 Å². The van der Waals surface area contributed by atoms with Crippen LogP contribution in [0.1, 0.15) is 58.7 Å². The van der Waals surface area contributed by atoms with Crippen molar-refractivity contribution in [2.45, 2.75) is 45.1 Å². The summed E-state index contributed by atoms with van der Waals surface area (Å²) in [6.07, 6.45) is 3.74. The predicted octanol–water partition coefficient (Wildman–Crippen LogP) is 2.44. The molecule has 2 amide bonds. The largest absolute Gasteiger partial charge is 0.374 e. The standard InChI is InChI=1S/C25H32N6O2/c1-16(32)30-11-8-19(14-30)23-27-21-9-12-31(15-20(21)24(26-2)28-23)25(33)18-6-7-22-17(13-18)5-4-10-29(22)3/h6-7,13,19H,4-5,8-12,14-15H2,1-3H3,(H,26,27,28)/t19-/m1/s1. The number of rotatable bonds is 3. The molecular formula is C25H32N6O2. The first kappa shape index (κ1) is 21.7. The number of benzene rings is 1. The van der Waals surface area contributed by atoms with Crippen LogP contribution >= 0.6 is 0 Å². The Morgan fingerprint density at radius 1 is 1.09 bits per heavy atom. The average Bonchev–Trinajstić information content (AvgIpc) is 3.33. The number of nitrogens with zero attached hydrogens (tertiary/aromatic N) is 5. The minimum atomic E-state index is 0.0655. The first-order chi connectivity index (χ1) is 15.9. The van der Waals surface area contributed by atoms with Gasteiger partial charge in [0.1, 0.15) is 11.6 Å². The molecule has 8 nitrogen and oxygen atoms in total. The Hall–Kier alpha value is -3.16. The van der Waals surface area contributed by atoms with Crippen LogP contribution in [0.4, 0.5) is 11.5 Å². The Labute approximate surface area is 195 Å². The van der Waals surface area contributed by atoms with Gasteiger partial charge < -0.3 is 20.0 Å². The minimum Gasteiger partial charge on any atom is -0.374 e. The van der Waals surface area contributed by atoms with E-state index in [4.69, 9.17) is 9.97 Å². The third-order valence-corrected chi connectivity index (χ3v) is 7.28. The van der Waals surface area contributed by atoms with Crippen LogP contribution in [0.2, 0.25) is 0 Å². The van der Waals surface area contributed by atoms with Gasteiger partial charge in [-0.05, 0) is 43.0 Å². The molecule has 0 radical (unpaired) electrons. The van der Waals surface area contributed by atoms with E-state index >= 15 is 0 Å². The number of aryl methyl sites for hydroxylation is 1. The zero-order chi connectivity index (χ0) is 23.1. The molecule has 0 aliphatic carbocycles. The molecule has 174 valence electrons. The summed E-state index contributed by atoms with van der Waals surface area (Å²) in [6.45, 7) is 5.26. The van der Waals surface area contributed by atoms with E-state index in [1.807, 2.05) is 22.9 Å². The summed E-state index contributed by atoms with van der Waals surface area (Å²) in [5.74, 6) is 1.93. The third-order valence-electron chi connectivity index (χ3n) is 7.28. The maximum atomic E-state index is 13.4. The second kappa shape index (κ2) is 8.65. The maximum Gasteiger partial charge on any atom is 0.254 e. The van der Waals surface area contributed by atoms with Crippen LogP contribution in [0.15, 0.2) is 18.2 Å². The van der Waals surface area contributed by atoms with Crippen molar-refractivity contribution < 1.29 is 9.59 Å². The van der Waals surface area contributed by atoms with Gasteiger partial charge in [-0.1, -0.05) is 0 Å². The zero-order valence-electron chi connectivity index (χ0n) is 19.7. The molecule has 8 heteroatoms. The van der Waals surface area contributed by atoms with Gasteiger partial charge in [-0.2, -0.15) is 0 Å². The lowest BCUT2D eigenvalue weighted by molar-refractivity contribution is -0.127. The fourth-order valence-electron chi connectivity index (χ4n) is 5.35. The summed E-state index contributed by atoms with van der Waals surface area (Å²) in [4.78, 5) is 40.8. The van der Waals surface area contributed by atoms with E-state index < -0.39 is 0 Å². The van der Waals surface area contributed by atoms with Gasteiger partial charge in [-0.25, -0.2) is 9.97 Å². The summed E-state index contributed by atoms with van der Waals surface area (Å²) < 4.78 is 0. The summed E-state index contributed by atoms with van der Waals surface area (Å²) in [7, 11) is 3.97. The molecule has 1 saturated heterocycles. The molecule has 1 N–H and O–H groups in total. The second-order valence-corrected chi connectivity index (χ2v) is 9.40. The number of hydrogen-bond donors (Lipinski definition) is 1. The quantitative estimate of drug-likeness (QED) is 0.777. The summed E-state index contributed by atoms with van der Waals surface area (Å²) in [5, 5.41) is 3.22. The number of nitrogens with one attached hydrogen (secondary N) is 1. The lowest BCUT2D eigenvalue weighted by Crippen LogP contribution is -2.37. The van der Waals surface area contributed by atoms with Gasteiger partial charge >= 0.3 is 0 Å². The maximum absolute atomic E-state index is 13.4. The van der Waals surface area contributed by atoms with Crippen LogP contribution in [-0.4, -0.2) is 71.9 Å². The smallest absolute Gasteiger partial charge is 0.254 e. The van der Waals surface area contributed by atoms with Gasteiger partial charge in [0.15, 0.2) is 0 Å². The minimum absolute atomic E-state index is 0.0655. The van der Waals surface area contributed by atoms with Crippen LogP contribution in [0.5, 0.6) is 0 Å². The molecule has 0 bridgehead atoms. The summed E-state index contributed by atoms with van der Waals surface area (Å²) >= 11 is 0. The number of amides is 2. The highest BCUT2D eigenvalue weighted by Gasteiger charge is 2.31. The lowest BCUT2D eigenvalue weighted by atomic mass is 9.98. The predicted molar refractivity (Wildman–Crippen MR) is 128 cm³/mol. The molecule has 0 unspecified atom stereocenters. The van der Waals surface area contributed by atoms with Crippen LogP contribution < -0.4 is 10.2 Å². The van der Waals surface area contributed by atoms with Crippen molar-refractivity contribution in [2.24, 2.45) is 0 Å². The van der Waals surface area contributed by atoms with Crippen molar-refractivity contribution in [3.8, 4) is 0 Å². The number of hydrogen-bond acceptors (Lipinski definition) is 6. The molecule has 1 atom stereocenters. The van der Waals surface area contributed by atoms with Crippen LogP contribution in [0.3, 0.4) is 0 Å². The topological polar surface area (TPSA) is 81.7 Å². The molecule has 5 rings (SSSR count). The molecule has 0 spiro atoms. The van der Waals surface area contributed by atoms with Gasteiger partial charge in [0.25, 0.3) is 5.91 Å². The molecule has 2 aromatic rings. The monoisotopic (exact) mass is 448 g/mol. The molecule has 33 heavy (non-hydrogen) atoms. The van der Waals surface area contributed by atoms with E-state index in [-0.39, 0.29) is 17.7 Å². The molecule has 3 aliphatic rings. The Balaban J connectivity index is 1.36. The van der Waals surface area contributed by atoms with Crippen molar-refractivity contribution >= 4 is 23.3 Å². The Kier molecular flexibility index (Phi) is 5.68. The first-order valence-corrected chi connectivity index (χ1v) is 11.9. The van der Waals surface area contributed by atoms with Crippen molar-refractivity contribution in [1.82, 2.24) is 19.8 Å². The van der Waals surface area contributed by atoms with Crippen molar-refractivity contribution in [1.29, 1.82) is 0 Å². The fraction of sp³-hybridized carbons (Fsp3) is 0.520. The Bertz CT molecular complexity index is 1080. The van der Waals surface area contributed by atoms with Gasteiger partial charge in [0.05, 0.1) is 12.2 Å². The van der Waals surface area contributed by atoms with Crippen LogP contribution in [0, 0.1) is 0 Å². The number of fused-ring (bicyclic) bond motifs is 2. The van der Waals surface area contributed by atoms with Crippen LogP contribution in [0.25, 0.3) is 0 Å². The lowest BCUT2D eigenvalue weighted by Gasteiger charge is -2.31. The van der Waals surface area contributed by atoms with Crippen molar-refractivity contribution in [3.05, 3.63) is 46.4 Å². The average molecular weight is 449 g/mol. The van der Waals surface area contributed by atoms with Gasteiger partial charge in [-0.3, -0.25) is 9.59 Å². The van der Waals surface area contributed by atoms with E-state index in [0.29, 0.717) is 26.1 Å². The molecule has 1 aromatic heterocycles. The Morgan fingerprint density at radius 3 is 2.70 bits per heavy atom. The number of carbonyl (C=O) groups excluding carboxylic acids is 2. The molecule has 3 aliphatic heterocycles. The number of carbonyl (C=O) groups is 2. The van der Waals surface area contributed by atoms with E-state index in [9.17, 15) is 9.59 Å². The van der Waals surface area contributed by atoms with Crippen molar-refractivity contribution in [3.63, 3.8) is 0 Å². The third kappa shape index (κ3) is 4.03. The summed E-state index contributed by atoms with van der Waals surface area (Å²) in [6, 6.07) is 6.11. The van der Waals surface area contributed by atoms with E-state index in [0.717, 1.165) is 60.8 Å². The second-order valence-electron chi connectivity index (χ2n) is 9.40. The highest BCUT2D eigenvalue weighted by atomic mass is 16.2. The SMILES string of the molecule is CNc1nc([C@@H]2CCN(C(C)=O)C2)nc2c1CN(C(=O)c1ccc3c(c1)CCCN3C)CC2. The normalized spacial score (nSPS) is 19.8. The van der Waals surface area contributed by atoms with E-state index in [1.165, 1.54) is 11.3 Å². The van der Waals surface area contributed by atoms with Gasteiger partial charge in [-0.15, -0.1) is 0 Å². The van der Waals surface area contributed by atoms with Gasteiger partial charge in [0, 0.05) is 76.4 Å². The van der Waals surface area contributed by atoms with E-state index in [1.54, 1.807) is 6.92 Å². The highest BCUT2D eigenvalue weighted by Crippen LogP contribution is 2.31. The zero-order valence-corrected chi connectivity index (χ0v) is 19.7. The highest BCUT2D eigenvalue weighted by molar-refractivity contribution is 5.95. The number of likely N-dealkylation sites (tertiary alicyclic amines) is 1. The van der Waals surface area contributed by atoms with Crippen LogP contribution in [-0.2, 0) is 24.2 Å². The van der Waals surface area contributed by atoms with E-state index in [2.05, 4.69) is 29.4 Å².